The van der Waals surface area contributed by atoms with Gasteiger partial charge in [0.05, 0.1) is 26.4 Å². The smallest absolute Gasteiger partial charge is 0.462 e. The van der Waals surface area contributed by atoms with Gasteiger partial charge in [0.1, 0.15) is 19.3 Å². The Bertz CT molecular complexity index is 1910. The standard InChI is InChI=1S/C79H152O17P2/c1-5-9-13-17-21-25-29-33-36-40-43-47-51-55-59-63-76(81)89-69-74(95-78(83)65-61-57-53-49-45-39-32-28-24-20-16-12-8-4)71-93-97(85,86)91-67-73(80)68-92-98(87,88)94-72-75(96-79(84)66-62-58-54-50-46-42-38-35-31-27-23-19-15-11-7-3)70-90-77(82)64-60-56-52-48-44-41-37-34-30-26-22-18-14-10-6-2/h34,37,73-75,80H,5-33,35-36,38-72H2,1-4H3,(H,85,86)(H,87,88)/b37-34-/t73-,74-,75-/m1/s1. The molecule has 5 atom stereocenters. The fourth-order valence-electron chi connectivity index (χ4n) is 12.0. The quantitative estimate of drug-likeness (QED) is 0.0169. The van der Waals surface area contributed by atoms with E-state index in [1.165, 1.54) is 225 Å². The molecule has 0 amide bonds. The van der Waals surface area contributed by atoms with Crippen molar-refractivity contribution in [2.45, 2.75) is 431 Å². The van der Waals surface area contributed by atoms with Gasteiger partial charge in [-0.2, -0.15) is 0 Å². The predicted molar refractivity (Wildman–Crippen MR) is 400 cm³/mol. The van der Waals surface area contributed by atoms with Gasteiger partial charge in [-0.25, -0.2) is 9.13 Å². The lowest BCUT2D eigenvalue weighted by atomic mass is 10.0. The van der Waals surface area contributed by atoms with Crippen molar-refractivity contribution >= 4 is 39.5 Å². The number of carbonyl (C=O) groups excluding carboxylic acids is 4. The minimum absolute atomic E-state index is 0.105. The van der Waals surface area contributed by atoms with Crippen molar-refractivity contribution in [3.8, 4) is 0 Å². The van der Waals surface area contributed by atoms with Crippen LogP contribution in [0.15, 0.2) is 12.2 Å². The number of phosphoric ester groups is 2. The number of ether oxygens (including phenoxy) is 4. The van der Waals surface area contributed by atoms with Gasteiger partial charge < -0.3 is 33.8 Å². The Balaban J connectivity index is 5.28. The summed E-state index contributed by atoms with van der Waals surface area (Å²) in [4.78, 5) is 73.0. The van der Waals surface area contributed by atoms with Crippen molar-refractivity contribution in [1.82, 2.24) is 0 Å². The second kappa shape index (κ2) is 73.1. The second-order valence-electron chi connectivity index (χ2n) is 28.1. The summed E-state index contributed by atoms with van der Waals surface area (Å²) < 4.78 is 68.7. The number of allylic oxidation sites excluding steroid dienone is 2. The number of aliphatic hydroxyl groups is 1. The van der Waals surface area contributed by atoms with Gasteiger partial charge in [-0.3, -0.25) is 37.3 Å². The molecule has 98 heavy (non-hydrogen) atoms. The Hall–Kier alpha value is -2.20. The average Bonchev–Trinajstić information content (AvgIpc) is 1.04. The van der Waals surface area contributed by atoms with Crippen LogP contribution in [0.2, 0.25) is 0 Å². The van der Waals surface area contributed by atoms with Crippen molar-refractivity contribution < 1.29 is 80.2 Å². The van der Waals surface area contributed by atoms with E-state index in [9.17, 15) is 43.2 Å². The lowest BCUT2D eigenvalue weighted by molar-refractivity contribution is -0.161. The summed E-state index contributed by atoms with van der Waals surface area (Å²) in [5, 5.41) is 10.6. The first-order chi connectivity index (χ1) is 47.7. The van der Waals surface area contributed by atoms with E-state index in [0.717, 1.165) is 109 Å². The van der Waals surface area contributed by atoms with E-state index < -0.39 is 97.5 Å². The van der Waals surface area contributed by atoms with Crippen LogP contribution in [0.25, 0.3) is 0 Å². The molecule has 0 aliphatic rings. The van der Waals surface area contributed by atoms with E-state index in [0.29, 0.717) is 25.7 Å². The summed E-state index contributed by atoms with van der Waals surface area (Å²) in [5.74, 6) is -2.12. The molecule has 0 spiro atoms. The normalized spacial score (nSPS) is 13.9. The molecule has 0 bridgehead atoms. The van der Waals surface area contributed by atoms with Crippen LogP contribution in [-0.2, 0) is 65.4 Å². The van der Waals surface area contributed by atoms with E-state index in [4.69, 9.17) is 37.0 Å². The van der Waals surface area contributed by atoms with Crippen LogP contribution in [-0.4, -0.2) is 96.7 Å². The minimum atomic E-state index is -4.96. The summed E-state index contributed by atoms with van der Waals surface area (Å²) in [6, 6.07) is 0. The number of phosphoric acid groups is 2. The number of hydrogen-bond acceptors (Lipinski definition) is 15. The summed E-state index contributed by atoms with van der Waals surface area (Å²) in [7, 11) is -9.92. The SMILES string of the molecule is CCCCCCCC/C=C\CCCCCCCC(=O)OC[C@H](COP(=O)(O)OC[C@H](O)COP(=O)(O)OC[C@@H](COC(=O)CCCCCCCCCCCCCCCCC)OC(=O)CCCCCCCCCCCCCCC)OC(=O)CCCCCCCCCCCCCCCCC. The zero-order valence-corrected chi connectivity index (χ0v) is 65.3. The number of carbonyl (C=O) groups is 4. The Morgan fingerprint density at radius 2 is 0.469 bits per heavy atom. The molecule has 3 N–H and O–H groups in total. The molecule has 19 heteroatoms. The number of hydrogen-bond donors (Lipinski definition) is 3. The molecule has 0 aromatic heterocycles. The molecule has 0 aliphatic heterocycles. The Kier molecular flexibility index (Phi) is 71.5. The molecule has 2 unspecified atom stereocenters. The molecular formula is C79H152O17P2. The first kappa shape index (κ1) is 95.8. The number of aliphatic hydroxyl groups excluding tert-OH is 1. The topological polar surface area (TPSA) is 237 Å². The van der Waals surface area contributed by atoms with E-state index >= 15 is 0 Å². The number of rotatable bonds is 79. The molecule has 0 radical (unpaired) electrons. The van der Waals surface area contributed by atoms with Gasteiger partial charge in [-0.1, -0.05) is 348 Å². The fraction of sp³-hybridized carbons (Fsp3) is 0.924. The maximum absolute atomic E-state index is 13.1. The molecule has 0 heterocycles. The van der Waals surface area contributed by atoms with Crippen molar-refractivity contribution in [3.05, 3.63) is 12.2 Å². The highest BCUT2D eigenvalue weighted by molar-refractivity contribution is 7.47. The van der Waals surface area contributed by atoms with Gasteiger partial charge in [0.25, 0.3) is 0 Å². The predicted octanol–water partition coefficient (Wildman–Crippen LogP) is 23.6. The Labute approximate surface area is 600 Å². The van der Waals surface area contributed by atoms with Crippen molar-refractivity contribution in [1.29, 1.82) is 0 Å². The molecular weight excluding hydrogens is 1280 g/mol. The Morgan fingerprint density at radius 1 is 0.276 bits per heavy atom. The average molecular weight is 1440 g/mol. The molecule has 0 saturated carbocycles. The van der Waals surface area contributed by atoms with Crippen molar-refractivity contribution in [3.63, 3.8) is 0 Å². The van der Waals surface area contributed by atoms with Crippen LogP contribution in [0.5, 0.6) is 0 Å². The second-order valence-corrected chi connectivity index (χ2v) is 31.0. The van der Waals surface area contributed by atoms with Crippen LogP contribution >= 0.6 is 15.6 Å². The first-order valence-electron chi connectivity index (χ1n) is 40.9. The molecule has 0 fully saturated rings. The third-order valence-electron chi connectivity index (χ3n) is 18.3. The maximum Gasteiger partial charge on any atom is 0.472 e. The van der Waals surface area contributed by atoms with E-state index in [1.807, 2.05) is 0 Å². The van der Waals surface area contributed by atoms with Crippen LogP contribution in [0.3, 0.4) is 0 Å². The Morgan fingerprint density at radius 3 is 0.704 bits per heavy atom. The zero-order chi connectivity index (χ0) is 71.8. The van der Waals surface area contributed by atoms with Gasteiger partial charge in [0, 0.05) is 25.7 Å². The number of esters is 4. The fourth-order valence-corrected chi connectivity index (χ4v) is 13.6. The van der Waals surface area contributed by atoms with Gasteiger partial charge >= 0.3 is 39.5 Å². The third-order valence-corrected chi connectivity index (χ3v) is 20.2. The summed E-state index contributed by atoms with van der Waals surface area (Å²) in [6.07, 6.45) is 66.1. The van der Waals surface area contributed by atoms with Crippen LogP contribution in [0.1, 0.15) is 413 Å². The van der Waals surface area contributed by atoms with E-state index in [-0.39, 0.29) is 25.7 Å². The summed E-state index contributed by atoms with van der Waals surface area (Å²) in [5.41, 5.74) is 0. The number of unbranched alkanes of at least 4 members (excludes halogenated alkanes) is 51. The third kappa shape index (κ3) is 72.2. The van der Waals surface area contributed by atoms with Crippen LogP contribution < -0.4 is 0 Å². The molecule has 17 nitrogen and oxygen atoms in total. The lowest BCUT2D eigenvalue weighted by Gasteiger charge is -2.21. The van der Waals surface area contributed by atoms with Gasteiger partial charge in [-0.05, 0) is 51.4 Å². The lowest BCUT2D eigenvalue weighted by Crippen LogP contribution is -2.30. The highest BCUT2D eigenvalue weighted by Crippen LogP contribution is 2.45. The van der Waals surface area contributed by atoms with Crippen LogP contribution in [0.4, 0.5) is 0 Å². The van der Waals surface area contributed by atoms with Gasteiger partial charge in [0.15, 0.2) is 12.2 Å². The molecule has 0 saturated heterocycles. The molecule has 580 valence electrons. The largest absolute Gasteiger partial charge is 0.472 e. The summed E-state index contributed by atoms with van der Waals surface area (Å²) in [6.45, 7) is 4.99. The minimum Gasteiger partial charge on any atom is -0.462 e. The molecule has 0 rings (SSSR count). The molecule has 0 aliphatic carbocycles. The van der Waals surface area contributed by atoms with Crippen LogP contribution in [0, 0.1) is 0 Å². The molecule has 0 aromatic carbocycles. The first-order valence-corrected chi connectivity index (χ1v) is 43.9. The monoisotopic (exact) mass is 1440 g/mol. The van der Waals surface area contributed by atoms with Gasteiger partial charge in [-0.15, -0.1) is 0 Å². The van der Waals surface area contributed by atoms with Gasteiger partial charge in [0.2, 0.25) is 0 Å². The van der Waals surface area contributed by atoms with Crippen molar-refractivity contribution in [2.24, 2.45) is 0 Å². The summed E-state index contributed by atoms with van der Waals surface area (Å²) >= 11 is 0. The van der Waals surface area contributed by atoms with E-state index in [1.54, 1.807) is 0 Å². The molecule has 0 aromatic rings. The highest BCUT2D eigenvalue weighted by Gasteiger charge is 2.30. The highest BCUT2D eigenvalue weighted by atomic mass is 31.2. The van der Waals surface area contributed by atoms with E-state index in [2.05, 4.69) is 39.8 Å². The van der Waals surface area contributed by atoms with Crippen molar-refractivity contribution in [2.75, 3.05) is 39.6 Å². The maximum atomic E-state index is 13.1. The zero-order valence-electron chi connectivity index (χ0n) is 63.5.